The van der Waals surface area contributed by atoms with Crippen LogP contribution in [0.2, 0.25) is 0 Å². The smallest absolute Gasteiger partial charge is 0.323 e. The molecule has 3 N–H and O–H groups in total. The number of ether oxygens (including phenoxy) is 1. The highest BCUT2D eigenvalue weighted by molar-refractivity contribution is 5.97. The fourth-order valence-electron chi connectivity index (χ4n) is 4.26. The predicted octanol–water partition coefficient (Wildman–Crippen LogP) is 2.16. The topological polar surface area (TPSA) is 108 Å². The van der Waals surface area contributed by atoms with E-state index in [0.717, 1.165) is 34.4 Å². The van der Waals surface area contributed by atoms with Gasteiger partial charge in [0, 0.05) is 54.6 Å². The molecule has 2 aliphatic heterocycles. The number of H-pyrrole nitrogens is 1. The van der Waals surface area contributed by atoms with Crippen molar-refractivity contribution in [3.05, 3.63) is 35.9 Å². The molecule has 156 valence electrons. The lowest BCUT2D eigenvalue weighted by Gasteiger charge is -2.30. The Hall–Kier alpha value is -3.04. The molecule has 0 spiro atoms. The fourth-order valence-corrected chi connectivity index (χ4v) is 4.26. The second-order valence-corrected chi connectivity index (χ2v) is 7.60. The molecule has 0 radical (unpaired) electrons. The van der Waals surface area contributed by atoms with Crippen LogP contribution in [0, 0.1) is 0 Å². The van der Waals surface area contributed by atoms with Crippen molar-refractivity contribution in [1.82, 2.24) is 30.6 Å². The molecule has 1 unspecified atom stereocenters. The van der Waals surface area contributed by atoms with Crippen molar-refractivity contribution in [2.24, 2.45) is 0 Å². The molecule has 0 aromatic carbocycles. The van der Waals surface area contributed by atoms with Crippen molar-refractivity contribution in [3.8, 4) is 11.3 Å². The first-order valence-electron chi connectivity index (χ1n) is 10.4. The zero-order valence-electron chi connectivity index (χ0n) is 17.1. The zero-order valence-corrected chi connectivity index (χ0v) is 17.1. The van der Waals surface area contributed by atoms with E-state index in [2.05, 4.69) is 27.5 Å². The molecule has 1 fully saturated rings. The summed E-state index contributed by atoms with van der Waals surface area (Å²) in [6.45, 7) is 6.52. The highest BCUT2D eigenvalue weighted by atomic mass is 16.5. The minimum Gasteiger partial charge on any atom is -0.367 e. The highest BCUT2D eigenvalue weighted by Gasteiger charge is 2.34. The van der Waals surface area contributed by atoms with Crippen LogP contribution in [-0.4, -0.2) is 58.3 Å². The number of aromatic nitrogens is 4. The lowest BCUT2D eigenvalue weighted by atomic mass is 10.0. The second-order valence-electron chi connectivity index (χ2n) is 7.60. The molecule has 3 aromatic heterocycles. The Kier molecular flexibility index (Phi) is 4.84. The first kappa shape index (κ1) is 19.0. The summed E-state index contributed by atoms with van der Waals surface area (Å²) < 4.78 is 6.02. The number of fused-ring (bicyclic) bond motifs is 2. The first-order valence-corrected chi connectivity index (χ1v) is 10.4. The number of hydrogen-bond acceptors (Lipinski definition) is 6. The van der Waals surface area contributed by atoms with Crippen LogP contribution in [0.5, 0.6) is 0 Å². The van der Waals surface area contributed by atoms with Crippen LogP contribution in [0.1, 0.15) is 31.3 Å². The molecule has 2 aliphatic rings. The van der Waals surface area contributed by atoms with Crippen molar-refractivity contribution in [3.63, 3.8) is 0 Å². The van der Waals surface area contributed by atoms with Crippen LogP contribution in [0.25, 0.3) is 22.3 Å². The van der Waals surface area contributed by atoms with Gasteiger partial charge in [-0.1, -0.05) is 0 Å². The third kappa shape index (κ3) is 3.10. The van der Waals surface area contributed by atoms with Crippen molar-refractivity contribution in [2.45, 2.75) is 32.4 Å². The lowest BCUT2D eigenvalue weighted by Crippen LogP contribution is -2.42. The number of rotatable bonds is 3. The average molecular weight is 407 g/mol. The maximum absolute atomic E-state index is 12.7. The van der Waals surface area contributed by atoms with Gasteiger partial charge in [-0.25, -0.2) is 19.7 Å². The van der Waals surface area contributed by atoms with E-state index in [4.69, 9.17) is 14.7 Å². The Morgan fingerprint density at radius 3 is 3.10 bits per heavy atom. The van der Waals surface area contributed by atoms with Gasteiger partial charge in [-0.2, -0.15) is 0 Å². The number of urea groups is 1. The highest BCUT2D eigenvalue weighted by Crippen LogP contribution is 2.38. The van der Waals surface area contributed by atoms with Crippen molar-refractivity contribution in [1.29, 1.82) is 0 Å². The number of amides is 2. The maximum Gasteiger partial charge on any atom is 0.323 e. The van der Waals surface area contributed by atoms with Crippen LogP contribution < -0.4 is 15.5 Å². The van der Waals surface area contributed by atoms with Gasteiger partial charge in [0.15, 0.2) is 5.82 Å². The molecule has 2 atom stereocenters. The summed E-state index contributed by atoms with van der Waals surface area (Å²) in [6.07, 6.45) is 4.08. The van der Waals surface area contributed by atoms with Crippen LogP contribution in [0.3, 0.4) is 0 Å². The third-order valence-corrected chi connectivity index (χ3v) is 5.71. The second kappa shape index (κ2) is 7.66. The number of pyridine rings is 1. The maximum atomic E-state index is 12.7. The number of nitrogens with zero attached hydrogens (tertiary/aromatic N) is 4. The summed E-state index contributed by atoms with van der Waals surface area (Å²) in [7, 11) is 0. The average Bonchev–Trinajstić information content (AvgIpc) is 3.40. The SMILES string of the molecule is CCNC(=O)N1CCc2c(-c3ccnc4[nH]ccc34)nc([C@@H]3OCCNC3C)nc21. The molecule has 9 heteroatoms. The minimum absolute atomic E-state index is 0.0775. The zero-order chi connectivity index (χ0) is 20.7. The fraction of sp³-hybridized carbons (Fsp3) is 0.429. The summed E-state index contributed by atoms with van der Waals surface area (Å²) in [5.41, 5.74) is 3.62. The molecule has 5 rings (SSSR count). The Morgan fingerprint density at radius 1 is 1.37 bits per heavy atom. The third-order valence-electron chi connectivity index (χ3n) is 5.71. The standard InChI is InChI=1S/C21H25N7O2/c1-3-22-21(29)28-10-6-15-16(13-4-7-24-18-14(13)5-8-25-18)26-19(27-20(15)28)17-12(2)23-9-11-30-17/h4-5,7-8,12,17,23H,3,6,9-11H2,1-2H3,(H,22,29)(H,24,25)/t12?,17-/m1/s1. The number of aromatic amines is 1. The molecule has 0 bridgehead atoms. The summed E-state index contributed by atoms with van der Waals surface area (Å²) in [6, 6.07) is 3.92. The Morgan fingerprint density at radius 2 is 2.27 bits per heavy atom. The van der Waals surface area contributed by atoms with E-state index in [1.54, 1.807) is 11.1 Å². The molecule has 3 aromatic rings. The Bertz CT molecular complexity index is 1100. The lowest BCUT2D eigenvalue weighted by molar-refractivity contribution is -0.00548. The van der Waals surface area contributed by atoms with Gasteiger partial charge < -0.3 is 20.4 Å². The van der Waals surface area contributed by atoms with Gasteiger partial charge in [0.25, 0.3) is 0 Å². The summed E-state index contributed by atoms with van der Waals surface area (Å²) in [5, 5.41) is 7.31. The van der Waals surface area contributed by atoms with Crippen molar-refractivity contribution >= 4 is 22.9 Å². The molecule has 5 heterocycles. The monoisotopic (exact) mass is 407 g/mol. The van der Waals surface area contributed by atoms with Gasteiger partial charge in [0.05, 0.1) is 12.3 Å². The van der Waals surface area contributed by atoms with Crippen LogP contribution in [0.4, 0.5) is 10.6 Å². The van der Waals surface area contributed by atoms with Crippen LogP contribution in [-0.2, 0) is 11.2 Å². The molecule has 9 nitrogen and oxygen atoms in total. The van der Waals surface area contributed by atoms with E-state index in [-0.39, 0.29) is 18.2 Å². The van der Waals surface area contributed by atoms with Gasteiger partial charge in [0.1, 0.15) is 17.6 Å². The summed E-state index contributed by atoms with van der Waals surface area (Å²) in [5.74, 6) is 1.27. The van der Waals surface area contributed by atoms with E-state index in [1.807, 2.05) is 25.3 Å². The molecule has 1 saturated heterocycles. The van der Waals surface area contributed by atoms with Gasteiger partial charge >= 0.3 is 6.03 Å². The Balaban J connectivity index is 1.69. The first-order chi connectivity index (χ1) is 14.7. The molecular weight excluding hydrogens is 382 g/mol. The molecular formula is C21H25N7O2. The largest absolute Gasteiger partial charge is 0.367 e. The number of hydrogen-bond donors (Lipinski definition) is 3. The van der Waals surface area contributed by atoms with Crippen LogP contribution in [0.15, 0.2) is 24.5 Å². The van der Waals surface area contributed by atoms with Gasteiger partial charge in [-0.05, 0) is 32.4 Å². The molecule has 0 saturated carbocycles. The number of carbonyl (C=O) groups excluding carboxylic acids is 1. The summed E-state index contributed by atoms with van der Waals surface area (Å²) >= 11 is 0. The van der Waals surface area contributed by atoms with Crippen molar-refractivity contribution in [2.75, 3.05) is 31.1 Å². The van der Waals surface area contributed by atoms with Crippen molar-refractivity contribution < 1.29 is 9.53 Å². The van der Waals surface area contributed by atoms with Gasteiger partial charge in [-0.15, -0.1) is 0 Å². The molecule has 0 aliphatic carbocycles. The van der Waals surface area contributed by atoms with E-state index in [1.165, 1.54) is 0 Å². The van der Waals surface area contributed by atoms with Gasteiger partial charge in [-0.3, -0.25) is 4.90 Å². The van der Waals surface area contributed by atoms with E-state index >= 15 is 0 Å². The normalized spacial score (nSPS) is 21.1. The minimum atomic E-state index is -0.275. The molecule has 2 amide bonds. The van der Waals surface area contributed by atoms with E-state index < -0.39 is 0 Å². The van der Waals surface area contributed by atoms with Crippen LogP contribution >= 0.6 is 0 Å². The predicted molar refractivity (Wildman–Crippen MR) is 113 cm³/mol. The molecule has 30 heavy (non-hydrogen) atoms. The number of carbonyl (C=O) groups is 1. The van der Waals surface area contributed by atoms with Gasteiger partial charge in [0.2, 0.25) is 0 Å². The summed E-state index contributed by atoms with van der Waals surface area (Å²) in [4.78, 5) is 31.8. The van der Waals surface area contributed by atoms with E-state index in [0.29, 0.717) is 37.8 Å². The quantitative estimate of drug-likeness (QED) is 0.614. The number of nitrogens with one attached hydrogen (secondary N) is 3. The number of anilines is 1. The Labute approximate surface area is 174 Å². The number of morpholine rings is 1. The van der Waals surface area contributed by atoms with E-state index in [9.17, 15) is 4.79 Å².